The van der Waals surface area contributed by atoms with Crippen molar-refractivity contribution in [1.29, 1.82) is 0 Å². The normalized spacial score (nSPS) is 13.1. The van der Waals surface area contributed by atoms with Crippen LogP contribution in [0.5, 0.6) is 5.75 Å². The Morgan fingerprint density at radius 2 is 2.00 bits per heavy atom. The lowest BCUT2D eigenvalue weighted by molar-refractivity contribution is 0.419. The first-order valence-corrected chi connectivity index (χ1v) is 5.47. The number of aromatic amines is 1. The second kappa shape index (κ2) is 3.83. The van der Waals surface area contributed by atoms with E-state index in [1.807, 2.05) is 13.0 Å². The summed E-state index contributed by atoms with van der Waals surface area (Å²) in [5.74, 6) is 0.871. The summed E-state index contributed by atoms with van der Waals surface area (Å²) in [4.78, 5) is 3.36. The largest absolute Gasteiger partial charge is 0.495 e. The lowest BCUT2D eigenvalue weighted by Gasteiger charge is -2.08. The third-order valence-electron chi connectivity index (χ3n) is 3.04. The summed E-state index contributed by atoms with van der Waals surface area (Å²) in [6.07, 6.45) is 0. The van der Waals surface area contributed by atoms with E-state index in [-0.39, 0.29) is 6.04 Å². The van der Waals surface area contributed by atoms with Crippen LogP contribution in [-0.4, -0.2) is 12.1 Å². The van der Waals surface area contributed by atoms with Gasteiger partial charge in [-0.15, -0.1) is 0 Å². The lowest BCUT2D eigenvalue weighted by Crippen LogP contribution is -2.06. The number of methoxy groups -OCH3 is 1. The molecule has 1 atom stereocenters. The van der Waals surface area contributed by atoms with E-state index < -0.39 is 0 Å². The van der Waals surface area contributed by atoms with Crippen LogP contribution < -0.4 is 10.5 Å². The second-order valence-electron chi connectivity index (χ2n) is 4.29. The van der Waals surface area contributed by atoms with Gasteiger partial charge in [-0.1, -0.05) is 6.07 Å². The molecule has 3 nitrogen and oxygen atoms in total. The standard InChI is InChI=1S/C13H18N2O/c1-7-5-6-10(16-4)13-11(7)12(8(2)14)9(3)15-13/h5-6,8,15H,14H2,1-4H3. The van der Waals surface area contributed by atoms with Crippen molar-refractivity contribution < 1.29 is 4.74 Å². The summed E-state index contributed by atoms with van der Waals surface area (Å²) in [6, 6.07) is 4.08. The molecule has 2 rings (SSSR count). The van der Waals surface area contributed by atoms with E-state index in [0.717, 1.165) is 17.0 Å². The number of nitrogens with two attached hydrogens (primary N) is 1. The molecule has 0 radical (unpaired) electrons. The SMILES string of the molecule is COc1ccc(C)c2c(C(C)N)c(C)[nH]c12. The number of hydrogen-bond donors (Lipinski definition) is 2. The van der Waals surface area contributed by atoms with Crippen LogP contribution in [0.2, 0.25) is 0 Å². The van der Waals surface area contributed by atoms with Crippen LogP contribution in [0.3, 0.4) is 0 Å². The fraction of sp³-hybridized carbons (Fsp3) is 0.385. The number of rotatable bonds is 2. The van der Waals surface area contributed by atoms with E-state index in [0.29, 0.717) is 0 Å². The molecule has 0 fully saturated rings. The van der Waals surface area contributed by atoms with Crippen molar-refractivity contribution in [3.05, 3.63) is 29.0 Å². The van der Waals surface area contributed by atoms with Gasteiger partial charge in [0.1, 0.15) is 5.75 Å². The number of hydrogen-bond acceptors (Lipinski definition) is 2. The molecule has 3 N–H and O–H groups in total. The number of ether oxygens (including phenoxy) is 1. The van der Waals surface area contributed by atoms with E-state index in [4.69, 9.17) is 10.5 Å². The van der Waals surface area contributed by atoms with Crippen molar-refractivity contribution in [1.82, 2.24) is 4.98 Å². The molecule has 16 heavy (non-hydrogen) atoms. The average molecular weight is 218 g/mol. The topological polar surface area (TPSA) is 51.0 Å². The molecule has 0 aliphatic heterocycles. The van der Waals surface area contributed by atoms with Crippen LogP contribution in [0.1, 0.15) is 29.8 Å². The molecule has 0 spiro atoms. The molecule has 1 aromatic heterocycles. The highest BCUT2D eigenvalue weighted by atomic mass is 16.5. The van der Waals surface area contributed by atoms with Gasteiger partial charge in [-0.3, -0.25) is 0 Å². The highest BCUT2D eigenvalue weighted by Crippen LogP contribution is 2.34. The van der Waals surface area contributed by atoms with Crippen LogP contribution in [-0.2, 0) is 0 Å². The average Bonchev–Trinajstić information content (AvgIpc) is 2.57. The predicted molar refractivity (Wildman–Crippen MR) is 66.9 cm³/mol. The van der Waals surface area contributed by atoms with Gasteiger partial charge in [0.25, 0.3) is 0 Å². The van der Waals surface area contributed by atoms with E-state index in [2.05, 4.69) is 24.9 Å². The lowest BCUT2D eigenvalue weighted by atomic mass is 10.0. The van der Waals surface area contributed by atoms with Crippen LogP contribution >= 0.6 is 0 Å². The monoisotopic (exact) mass is 218 g/mol. The Hall–Kier alpha value is -1.48. The number of H-pyrrole nitrogens is 1. The van der Waals surface area contributed by atoms with Gasteiger partial charge >= 0.3 is 0 Å². The summed E-state index contributed by atoms with van der Waals surface area (Å²) in [6.45, 7) is 6.16. The van der Waals surface area contributed by atoms with Gasteiger partial charge in [0.15, 0.2) is 0 Å². The molecule has 0 saturated heterocycles. The zero-order valence-corrected chi connectivity index (χ0v) is 10.2. The molecule has 1 heterocycles. The Kier molecular flexibility index (Phi) is 2.64. The molecule has 3 heteroatoms. The maximum atomic E-state index is 6.02. The molecule has 0 amide bonds. The first kappa shape index (κ1) is 11.0. The molecule has 0 aliphatic carbocycles. The summed E-state index contributed by atoms with van der Waals surface area (Å²) >= 11 is 0. The number of aryl methyl sites for hydroxylation is 2. The van der Waals surface area contributed by atoms with Gasteiger partial charge in [-0.2, -0.15) is 0 Å². The molecule has 0 aliphatic rings. The summed E-state index contributed by atoms with van der Waals surface area (Å²) < 4.78 is 5.36. The minimum absolute atomic E-state index is 0.0274. The molecule has 1 unspecified atom stereocenters. The fourth-order valence-electron chi connectivity index (χ4n) is 2.34. The van der Waals surface area contributed by atoms with Gasteiger partial charge < -0.3 is 15.5 Å². The maximum Gasteiger partial charge on any atom is 0.142 e. The molecular formula is C13H18N2O. The number of nitrogens with one attached hydrogen (secondary N) is 1. The number of aromatic nitrogens is 1. The molecular weight excluding hydrogens is 200 g/mol. The predicted octanol–water partition coefficient (Wildman–Crippen LogP) is 2.81. The zero-order valence-electron chi connectivity index (χ0n) is 10.2. The molecule has 0 bridgehead atoms. The van der Waals surface area contributed by atoms with Crippen LogP contribution in [0, 0.1) is 13.8 Å². The van der Waals surface area contributed by atoms with Crippen LogP contribution in [0.25, 0.3) is 10.9 Å². The third kappa shape index (κ3) is 1.48. The summed E-state index contributed by atoms with van der Waals surface area (Å²) in [5, 5.41) is 1.20. The maximum absolute atomic E-state index is 6.02. The first-order chi connectivity index (χ1) is 7.56. The van der Waals surface area contributed by atoms with Crippen LogP contribution in [0.4, 0.5) is 0 Å². The van der Waals surface area contributed by atoms with E-state index in [9.17, 15) is 0 Å². The van der Waals surface area contributed by atoms with Gasteiger partial charge in [-0.25, -0.2) is 0 Å². The molecule has 1 aromatic carbocycles. The second-order valence-corrected chi connectivity index (χ2v) is 4.29. The Balaban J connectivity index is 2.87. The zero-order chi connectivity index (χ0) is 11.9. The van der Waals surface area contributed by atoms with Gasteiger partial charge in [0.2, 0.25) is 0 Å². The third-order valence-corrected chi connectivity index (χ3v) is 3.04. The van der Waals surface area contributed by atoms with Crippen molar-refractivity contribution in [2.24, 2.45) is 5.73 Å². The smallest absolute Gasteiger partial charge is 0.142 e. The minimum Gasteiger partial charge on any atom is -0.495 e. The fourth-order valence-corrected chi connectivity index (χ4v) is 2.34. The Morgan fingerprint density at radius 3 is 2.56 bits per heavy atom. The summed E-state index contributed by atoms with van der Waals surface area (Å²) in [5.41, 5.74) is 10.6. The van der Waals surface area contributed by atoms with Crippen LogP contribution in [0.15, 0.2) is 12.1 Å². The molecule has 86 valence electrons. The molecule has 2 aromatic rings. The van der Waals surface area contributed by atoms with E-state index in [1.165, 1.54) is 16.5 Å². The van der Waals surface area contributed by atoms with Crippen molar-refractivity contribution in [3.8, 4) is 5.75 Å². The quantitative estimate of drug-likeness (QED) is 0.814. The van der Waals surface area contributed by atoms with Gasteiger partial charge in [0.05, 0.1) is 12.6 Å². The van der Waals surface area contributed by atoms with Crippen molar-refractivity contribution in [2.45, 2.75) is 26.8 Å². The number of fused-ring (bicyclic) bond motifs is 1. The van der Waals surface area contributed by atoms with Crippen molar-refractivity contribution in [2.75, 3.05) is 7.11 Å². The Bertz CT molecular complexity index is 526. The molecule has 0 saturated carbocycles. The van der Waals surface area contributed by atoms with Crippen molar-refractivity contribution >= 4 is 10.9 Å². The van der Waals surface area contributed by atoms with Gasteiger partial charge in [-0.05, 0) is 38.0 Å². The van der Waals surface area contributed by atoms with E-state index >= 15 is 0 Å². The highest BCUT2D eigenvalue weighted by Gasteiger charge is 2.16. The highest BCUT2D eigenvalue weighted by molar-refractivity contribution is 5.92. The minimum atomic E-state index is 0.0274. The van der Waals surface area contributed by atoms with E-state index in [1.54, 1.807) is 7.11 Å². The Morgan fingerprint density at radius 1 is 1.31 bits per heavy atom. The first-order valence-electron chi connectivity index (χ1n) is 5.47. The Labute approximate surface area is 95.6 Å². The van der Waals surface area contributed by atoms with Gasteiger partial charge in [0, 0.05) is 17.1 Å². The van der Waals surface area contributed by atoms with Crippen molar-refractivity contribution in [3.63, 3.8) is 0 Å². The summed E-state index contributed by atoms with van der Waals surface area (Å²) in [7, 11) is 1.69. The number of benzene rings is 1.